The summed E-state index contributed by atoms with van der Waals surface area (Å²) in [6.07, 6.45) is -0.129. The SMILES string of the molecule is Cc1c(-c2cc(Cl)cc(Cl)c2)nn(Cc2ccc(C(=O)NCCC(=O)O)cc2)c1-c1ccc(Cl)cc1. The lowest BCUT2D eigenvalue weighted by molar-refractivity contribution is -0.136. The third-order valence-electron chi connectivity index (χ3n) is 5.62. The lowest BCUT2D eigenvalue weighted by Crippen LogP contribution is -2.25. The first-order valence-electron chi connectivity index (χ1n) is 11.1. The Bertz CT molecular complexity index is 1390. The van der Waals surface area contributed by atoms with Crippen LogP contribution in [-0.2, 0) is 11.3 Å². The summed E-state index contributed by atoms with van der Waals surface area (Å²) >= 11 is 18.6. The van der Waals surface area contributed by atoms with Crippen molar-refractivity contribution in [2.75, 3.05) is 6.54 Å². The fraction of sp³-hybridized carbons (Fsp3) is 0.148. The number of nitrogens with zero attached hydrogens (tertiary/aromatic N) is 2. The van der Waals surface area contributed by atoms with Crippen LogP contribution in [0.15, 0.2) is 66.7 Å². The number of benzene rings is 3. The van der Waals surface area contributed by atoms with Crippen molar-refractivity contribution in [3.63, 3.8) is 0 Å². The van der Waals surface area contributed by atoms with Crippen LogP contribution in [0.1, 0.15) is 27.9 Å². The van der Waals surface area contributed by atoms with Crippen LogP contribution >= 0.6 is 34.8 Å². The molecule has 1 amide bonds. The molecule has 0 radical (unpaired) electrons. The standard InChI is InChI=1S/C27H22Cl3N3O3/c1-16-25(20-12-22(29)14-23(30)13-20)32-33(26(16)18-6-8-21(28)9-7-18)15-17-2-4-19(5-3-17)27(36)31-11-10-24(34)35/h2-9,12-14H,10-11,15H2,1H3,(H,31,36)(H,34,35). The van der Waals surface area contributed by atoms with Gasteiger partial charge in [0.25, 0.3) is 5.91 Å². The van der Waals surface area contributed by atoms with Gasteiger partial charge in [-0.2, -0.15) is 5.10 Å². The van der Waals surface area contributed by atoms with Crippen molar-refractivity contribution in [2.24, 2.45) is 0 Å². The van der Waals surface area contributed by atoms with Crippen molar-refractivity contribution in [1.29, 1.82) is 0 Å². The van der Waals surface area contributed by atoms with E-state index in [2.05, 4.69) is 5.32 Å². The predicted octanol–water partition coefficient (Wildman–Crippen LogP) is 6.74. The van der Waals surface area contributed by atoms with Gasteiger partial charge in [-0.1, -0.05) is 59.1 Å². The first-order valence-corrected chi connectivity index (χ1v) is 12.2. The van der Waals surface area contributed by atoms with E-state index in [0.29, 0.717) is 27.2 Å². The summed E-state index contributed by atoms with van der Waals surface area (Å²) in [5.74, 6) is -1.28. The van der Waals surface area contributed by atoms with E-state index >= 15 is 0 Å². The topological polar surface area (TPSA) is 84.2 Å². The number of carboxylic acids is 1. The second-order valence-corrected chi connectivity index (χ2v) is 9.55. The van der Waals surface area contributed by atoms with Crippen LogP contribution in [0.2, 0.25) is 15.1 Å². The highest BCUT2D eigenvalue weighted by Gasteiger charge is 2.19. The molecule has 6 nitrogen and oxygen atoms in total. The van der Waals surface area contributed by atoms with Crippen LogP contribution in [0.25, 0.3) is 22.5 Å². The number of carbonyl (C=O) groups is 2. The average molecular weight is 543 g/mol. The van der Waals surface area contributed by atoms with Crippen molar-refractivity contribution >= 4 is 46.7 Å². The van der Waals surface area contributed by atoms with E-state index < -0.39 is 5.97 Å². The Hall–Kier alpha value is -3.32. The van der Waals surface area contributed by atoms with Gasteiger partial charge in [0.15, 0.2) is 0 Å². The first-order chi connectivity index (χ1) is 17.2. The molecule has 36 heavy (non-hydrogen) atoms. The van der Waals surface area contributed by atoms with Crippen LogP contribution < -0.4 is 5.32 Å². The maximum absolute atomic E-state index is 12.3. The summed E-state index contributed by atoms with van der Waals surface area (Å²) in [6.45, 7) is 2.53. The Morgan fingerprint density at radius 2 is 1.53 bits per heavy atom. The Morgan fingerprint density at radius 1 is 0.889 bits per heavy atom. The summed E-state index contributed by atoms with van der Waals surface area (Å²) in [4.78, 5) is 22.9. The van der Waals surface area contributed by atoms with Crippen molar-refractivity contribution in [2.45, 2.75) is 19.9 Å². The number of amides is 1. The van der Waals surface area contributed by atoms with E-state index in [-0.39, 0.29) is 18.9 Å². The van der Waals surface area contributed by atoms with Gasteiger partial charge in [-0.15, -0.1) is 0 Å². The molecule has 0 spiro atoms. The fourth-order valence-electron chi connectivity index (χ4n) is 3.92. The largest absolute Gasteiger partial charge is 0.481 e. The maximum atomic E-state index is 12.3. The zero-order chi connectivity index (χ0) is 25.8. The van der Waals surface area contributed by atoms with Crippen molar-refractivity contribution < 1.29 is 14.7 Å². The summed E-state index contributed by atoms with van der Waals surface area (Å²) in [6, 6.07) is 20.0. The van der Waals surface area contributed by atoms with Crippen molar-refractivity contribution in [3.8, 4) is 22.5 Å². The highest BCUT2D eigenvalue weighted by molar-refractivity contribution is 6.35. The van der Waals surface area contributed by atoms with Crippen LogP contribution in [-0.4, -0.2) is 33.3 Å². The van der Waals surface area contributed by atoms with Gasteiger partial charge in [0.2, 0.25) is 0 Å². The van der Waals surface area contributed by atoms with E-state index in [4.69, 9.17) is 45.0 Å². The molecule has 3 aromatic carbocycles. The number of hydrogen-bond acceptors (Lipinski definition) is 3. The molecule has 0 unspecified atom stereocenters. The third kappa shape index (κ3) is 6.08. The molecule has 0 saturated heterocycles. The minimum atomic E-state index is -0.962. The quantitative estimate of drug-likeness (QED) is 0.258. The van der Waals surface area contributed by atoms with Crippen molar-refractivity contribution in [1.82, 2.24) is 15.1 Å². The number of hydrogen-bond donors (Lipinski definition) is 2. The lowest BCUT2D eigenvalue weighted by atomic mass is 10.0. The average Bonchev–Trinajstić information content (AvgIpc) is 3.15. The second kappa shape index (κ2) is 11.2. The molecule has 0 fully saturated rings. The number of aromatic nitrogens is 2. The molecule has 2 N–H and O–H groups in total. The zero-order valence-electron chi connectivity index (χ0n) is 19.3. The number of carbonyl (C=O) groups excluding carboxylic acids is 1. The zero-order valence-corrected chi connectivity index (χ0v) is 21.5. The molecule has 4 rings (SSSR count). The van der Waals surface area contributed by atoms with Gasteiger partial charge in [0, 0.05) is 43.9 Å². The minimum absolute atomic E-state index is 0.0726. The third-order valence-corrected chi connectivity index (χ3v) is 6.30. The molecule has 4 aromatic rings. The molecule has 0 aliphatic heterocycles. The predicted molar refractivity (Wildman–Crippen MR) is 143 cm³/mol. The Balaban J connectivity index is 1.67. The van der Waals surface area contributed by atoms with Gasteiger partial charge in [-0.3, -0.25) is 14.3 Å². The van der Waals surface area contributed by atoms with Crippen LogP contribution in [0.3, 0.4) is 0 Å². The van der Waals surface area contributed by atoms with Gasteiger partial charge >= 0.3 is 5.97 Å². The number of aliphatic carboxylic acids is 1. The molecular weight excluding hydrogens is 521 g/mol. The summed E-state index contributed by atoms with van der Waals surface area (Å²) in [7, 11) is 0. The number of nitrogens with one attached hydrogen (secondary N) is 1. The van der Waals surface area contributed by atoms with Gasteiger partial charge in [0.05, 0.1) is 24.4 Å². The molecule has 1 heterocycles. The van der Waals surface area contributed by atoms with Crippen molar-refractivity contribution in [3.05, 3.63) is 98.5 Å². The molecule has 0 aliphatic carbocycles. The molecule has 0 aliphatic rings. The monoisotopic (exact) mass is 541 g/mol. The van der Waals surface area contributed by atoms with Gasteiger partial charge in [-0.05, 0) is 55.0 Å². The fourth-order valence-corrected chi connectivity index (χ4v) is 4.58. The van der Waals surface area contributed by atoms with Crippen LogP contribution in [0.5, 0.6) is 0 Å². The number of carboxylic acid groups (broad SMARTS) is 1. The molecule has 1 aromatic heterocycles. The Morgan fingerprint density at radius 3 is 2.14 bits per heavy atom. The summed E-state index contributed by atoms with van der Waals surface area (Å²) in [5, 5.41) is 17.9. The van der Waals surface area contributed by atoms with Gasteiger partial charge in [-0.25, -0.2) is 0 Å². The number of halogens is 3. The molecule has 0 atom stereocenters. The molecular formula is C27H22Cl3N3O3. The lowest BCUT2D eigenvalue weighted by Gasteiger charge is -2.10. The maximum Gasteiger partial charge on any atom is 0.305 e. The highest BCUT2D eigenvalue weighted by Crippen LogP contribution is 2.35. The first kappa shape index (κ1) is 25.8. The second-order valence-electron chi connectivity index (χ2n) is 8.24. The number of rotatable bonds is 8. The van der Waals surface area contributed by atoms with Gasteiger partial charge < -0.3 is 10.4 Å². The molecule has 9 heteroatoms. The molecule has 184 valence electrons. The summed E-state index contributed by atoms with van der Waals surface area (Å²) in [5.41, 5.74) is 5.81. The van der Waals surface area contributed by atoms with Gasteiger partial charge in [0.1, 0.15) is 0 Å². The minimum Gasteiger partial charge on any atom is -0.481 e. The Labute approximate surface area is 223 Å². The smallest absolute Gasteiger partial charge is 0.305 e. The highest BCUT2D eigenvalue weighted by atomic mass is 35.5. The molecule has 0 bridgehead atoms. The normalized spacial score (nSPS) is 10.9. The van der Waals surface area contributed by atoms with Crippen LogP contribution in [0, 0.1) is 6.92 Å². The van der Waals surface area contributed by atoms with E-state index in [1.54, 1.807) is 18.2 Å². The van der Waals surface area contributed by atoms with E-state index in [9.17, 15) is 9.59 Å². The summed E-state index contributed by atoms with van der Waals surface area (Å²) < 4.78 is 1.91. The van der Waals surface area contributed by atoms with Crippen LogP contribution in [0.4, 0.5) is 0 Å². The Kier molecular flexibility index (Phi) is 7.99. The van der Waals surface area contributed by atoms with E-state index in [1.165, 1.54) is 0 Å². The van der Waals surface area contributed by atoms with E-state index in [1.807, 2.05) is 60.1 Å². The van der Waals surface area contributed by atoms with E-state index in [0.717, 1.165) is 33.6 Å². The molecule has 0 saturated carbocycles.